The molecule has 2 atom stereocenters. The van der Waals surface area contributed by atoms with Gasteiger partial charge in [0.25, 0.3) is 0 Å². The minimum Gasteiger partial charge on any atom is -0.392 e. The normalized spacial score (nSPS) is 21.0. The second kappa shape index (κ2) is 11.0. The van der Waals surface area contributed by atoms with E-state index in [4.69, 9.17) is 0 Å². The van der Waals surface area contributed by atoms with Crippen molar-refractivity contribution >= 4 is 29.9 Å². The molecule has 2 unspecified atom stereocenters. The highest BCUT2D eigenvalue weighted by atomic mass is 127. The number of aliphatic hydroxyl groups is 1. The van der Waals surface area contributed by atoms with Crippen molar-refractivity contribution in [2.45, 2.75) is 58.0 Å². The third-order valence-corrected chi connectivity index (χ3v) is 4.52. The molecule has 1 aliphatic rings. The highest BCUT2D eigenvalue weighted by molar-refractivity contribution is 14.0. The maximum atomic E-state index is 13.0. The Morgan fingerprint density at radius 3 is 2.54 bits per heavy atom. The van der Waals surface area contributed by atoms with Crippen LogP contribution in [0.5, 0.6) is 0 Å². The van der Waals surface area contributed by atoms with E-state index in [0.29, 0.717) is 31.9 Å². The summed E-state index contributed by atoms with van der Waals surface area (Å²) in [4.78, 5) is 4.48. The van der Waals surface area contributed by atoms with E-state index in [2.05, 4.69) is 15.6 Å². The van der Waals surface area contributed by atoms with Crippen LogP contribution in [0.25, 0.3) is 0 Å². The van der Waals surface area contributed by atoms with Crippen LogP contribution >= 0.6 is 24.0 Å². The van der Waals surface area contributed by atoms with E-state index in [0.717, 1.165) is 11.1 Å². The number of aliphatic imine (C=N–C) groups is 1. The lowest BCUT2D eigenvalue weighted by Crippen LogP contribution is -2.46. The molecular weight excluding hydrogens is 458 g/mol. The van der Waals surface area contributed by atoms with E-state index in [-0.39, 0.29) is 49.5 Å². The second-order valence-electron chi connectivity index (χ2n) is 6.37. The van der Waals surface area contributed by atoms with Crippen molar-refractivity contribution < 1.29 is 18.3 Å². The molecule has 0 amide bonds. The molecule has 1 aliphatic carbocycles. The highest BCUT2D eigenvalue weighted by Gasteiger charge is 2.42. The van der Waals surface area contributed by atoms with Gasteiger partial charge in [0.15, 0.2) is 5.96 Å². The van der Waals surface area contributed by atoms with Gasteiger partial charge in [-0.15, -0.1) is 24.0 Å². The zero-order valence-electron chi connectivity index (χ0n) is 14.9. The van der Waals surface area contributed by atoms with Gasteiger partial charge in [-0.1, -0.05) is 30.7 Å². The van der Waals surface area contributed by atoms with Crippen LogP contribution in [0.15, 0.2) is 29.3 Å². The Morgan fingerprint density at radius 1 is 1.23 bits per heavy atom. The first-order chi connectivity index (χ1) is 11.9. The van der Waals surface area contributed by atoms with Crippen molar-refractivity contribution in [3.05, 3.63) is 35.4 Å². The van der Waals surface area contributed by atoms with Crippen LogP contribution in [0.4, 0.5) is 13.2 Å². The molecule has 4 nitrogen and oxygen atoms in total. The number of hydrogen-bond acceptors (Lipinski definition) is 2. The van der Waals surface area contributed by atoms with Crippen LogP contribution in [0.3, 0.4) is 0 Å². The number of benzene rings is 1. The van der Waals surface area contributed by atoms with E-state index in [1.54, 1.807) is 0 Å². The molecule has 8 heteroatoms. The van der Waals surface area contributed by atoms with E-state index in [9.17, 15) is 18.3 Å². The predicted octanol–water partition coefficient (Wildman–Crippen LogP) is 3.97. The van der Waals surface area contributed by atoms with Crippen molar-refractivity contribution in [2.75, 3.05) is 6.54 Å². The lowest BCUT2D eigenvalue weighted by Gasteiger charge is -2.32. The summed E-state index contributed by atoms with van der Waals surface area (Å²) in [6.45, 7) is 2.84. The molecule has 0 aromatic heterocycles. The van der Waals surface area contributed by atoms with Crippen LogP contribution in [0, 0.1) is 5.92 Å². The molecule has 2 rings (SSSR count). The number of nitrogens with zero attached hydrogens (tertiary/aromatic N) is 1. The number of alkyl halides is 3. The molecule has 0 bridgehead atoms. The predicted molar refractivity (Wildman–Crippen MR) is 108 cm³/mol. The topological polar surface area (TPSA) is 56.7 Å². The van der Waals surface area contributed by atoms with E-state index >= 15 is 0 Å². The molecule has 148 valence electrons. The number of halogens is 4. The summed E-state index contributed by atoms with van der Waals surface area (Å²) in [5, 5.41) is 15.6. The SMILES string of the molecule is CCNC(=NCc1ccccc1CO)NC1CCCC(C(F)(F)F)C1.I. The van der Waals surface area contributed by atoms with Crippen molar-refractivity contribution in [3.63, 3.8) is 0 Å². The standard InChI is InChI=1S/C18H26F3N3O.HI/c1-2-22-17(23-11-13-6-3-4-7-14(13)12-25)24-16-9-5-8-15(10-16)18(19,20)21;/h3-4,6-7,15-16,25H,2,5,8-12H2,1H3,(H2,22,23,24);1H. The third kappa shape index (κ3) is 6.94. The Kier molecular flexibility index (Phi) is 9.70. The lowest BCUT2D eigenvalue weighted by molar-refractivity contribution is -0.183. The fourth-order valence-corrected chi connectivity index (χ4v) is 3.16. The largest absolute Gasteiger partial charge is 0.392 e. The Hall–Kier alpha value is -1.03. The van der Waals surface area contributed by atoms with E-state index < -0.39 is 12.1 Å². The zero-order chi connectivity index (χ0) is 18.3. The lowest BCUT2D eigenvalue weighted by atomic mass is 9.85. The van der Waals surface area contributed by atoms with Gasteiger partial charge < -0.3 is 15.7 Å². The van der Waals surface area contributed by atoms with Crippen molar-refractivity contribution in [1.82, 2.24) is 10.6 Å². The number of hydrogen-bond donors (Lipinski definition) is 3. The van der Waals surface area contributed by atoms with Gasteiger partial charge in [0.05, 0.1) is 19.1 Å². The van der Waals surface area contributed by atoms with Gasteiger partial charge >= 0.3 is 6.18 Å². The number of rotatable bonds is 5. The van der Waals surface area contributed by atoms with Gasteiger partial charge in [-0.05, 0) is 37.3 Å². The van der Waals surface area contributed by atoms with Crippen LogP contribution in [-0.2, 0) is 13.2 Å². The first kappa shape index (κ1) is 23.0. The molecule has 0 saturated heterocycles. The summed E-state index contributed by atoms with van der Waals surface area (Å²) in [5.74, 6) is -0.722. The average molecular weight is 485 g/mol. The number of guanidine groups is 1. The summed E-state index contributed by atoms with van der Waals surface area (Å²) in [5.41, 5.74) is 1.70. The minimum absolute atomic E-state index is 0. The molecule has 0 radical (unpaired) electrons. The zero-order valence-corrected chi connectivity index (χ0v) is 17.2. The average Bonchev–Trinajstić information content (AvgIpc) is 2.59. The summed E-state index contributed by atoms with van der Waals surface area (Å²) < 4.78 is 38.9. The van der Waals surface area contributed by atoms with E-state index in [1.165, 1.54) is 0 Å². The van der Waals surface area contributed by atoms with E-state index in [1.807, 2.05) is 31.2 Å². The summed E-state index contributed by atoms with van der Waals surface area (Å²) in [6.07, 6.45) is -2.56. The van der Waals surface area contributed by atoms with Crippen LogP contribution in [0.2, 0.25) is 0 Å². The molecule has 0 aliphatic heterocycles. The van der Waals surface area contributed by atoms with Gasteiger partial charge in [0, 0.05) is 12.6 Å². The van der Waals surface area contributed by atoms with Gasteiger partial charge in [-0.25, -0.2) is 4.99 Å². The van der Waals surface area contributed by atoms with Gasteiger partial charge in [0.1, 0.15) is 0 Å². The minimum atomic E-state index is -4.13. The summed E-state index contributed by atoms with van der Waals surface area (Å²) >= 11 is 0. The monoisotopic (exact) mass is 485 g/mol. The highest BCUT2D eigenvalue weighted by Crippen LogP contribution is 2.37. The van der Waals surface area contributed by atoms with Crippen molar-refractivity contribution in [3.8, 4) is 0 Å². The molecule has 0 spiro atoms. The number of nitrogens with one attached hydrogen (secondary N) is 2. The molecular formula is C18H27F3IN3O. The molecule has 1 aromatic carbocycles. The Balaban J connectivity index is 0.00000338. The molecule has 3 N–H and O–H groups in total. The Morgan fingerprint density at radius 2 is 1.92 bits per heavy atom. The van der Waals surface area contributed by atoms with Crippen LogP contribution < -0.4 is 10.6 Å². The fourth-order valence-electron chi connectivity index (χ4n) is 3.16. The van der Waals surface area contributed by atoms with Crippen molar-refractivity contribution in [1.29, 1.82) is 0 Å². The molecule has 26 heavy (non-hydrogen) atoms. The fraction of sp³-hybridized carbons (Fsp3) is 0.611. The maximum Gasteiger partial charge on any atom is 0.391 e. The first-order valence-electron chi connectivity index (χ1n) is 8.73. The van der Waals surface area contributed by atoms with Crippen LogP contribution in [-0.4, -0.2) is 29.8 Å². The summed E-state index contributed by atoms with van der Waals surface area (Å²) in [6, 6.07) is 7.21. The van der Waals surface area contributed by atoms with Crippen molar-refractivity contribution in [2.24, 2.45) is 10.9 Å². The summed E-state index contributed by atoms with van der Waals surface area (Å²) in [7, 11) is 0. The van der Waals surface area contributed by atoms with Gasteiger partial charge in [-0.2, -0.15) is 13.2 Å². The third-order valence-electron chi connectivity index (χ3n) is 4.52. The van der Waals surface area contributed by atoms with Gasteiger partial charge in [-0.3, -0.25) is 0 Å². The van der Waals surface area contributed by atoms with Crippen LogP contribution in [0.1, 0.15) is 43.7 Å². The molecule has 0 heterocycles. The molecule has 1 aromatic rings. The smallest absolute Gasteiger partial charge is 0.391 e. The quantitative estimate of drug-likeness (QED) is 0.336. The second-order valence-corrected chi connectivity index (χ2v) is 6.37. The first-order valence-corrected chi connectivity index (χ1v) is 8.73. The molecule has 1 saturated carbocycles. The number of aliphatic hydroxyl groups excluding tert-OH is 1. The van der Waals surface area contributed by atoms with Gasteiger partial charge in [0.2, 0.25) is 0 Å². The maximum absolute atomic E-state index is 13.0. The Labute approximate surface area is 169 Å². The molecule has 1 fully saturated rings. The Bertz CT molecular complexity index is 581.